The molecule has 0 fully saturated rings. The van der Waals surface area contributed by atoms with E-state index < -0.39 is 17.5 Å². The van der Waals surface area contributed by atoms with Crippen molar-refractivity contribution < 1.29 is 50.7 Å². The quantitative estimate of drug-likeness (QED) is 0.301. The SMILES string of the molecule is CCC(C)OC(O)=C(C(=O)O)C(=S)Nc1ccccc1.[H-].[Na+]. The molecule has 3 N–H and O–H groups in total. The van der Waals surface area contributed by atoms with Gasteiger partial charge in [-0.25, -0.2) is 4.79 Å². The molecule has 0 saturated heterocycles. The standard InChI is InChI=1S/C14H17NO4S.Na.H/c1-3-9(2)19-14(18)11(13(16)17)12(20)15-10-7-5-4-6-8-10;;/h4-9,18H,3H2,1-2H3,(H,15,20)(H,16,17);;/q;+1;-1. The van der Waals surface area contributed by atoms with Gasteiger partial charge in [-0.15, -0.1) is 0 Å². The molecule has 110 valence electrons. The van der Waals surface area contributed by atoms with E-state index in [1.54, 1.807) is 31.2 Å². The third-order valence-corrected chi connectivity index (χ3v) is 2.88. The molecule has 0 spiro atoms. The van der Waals surface area contributed by atoms with Crippen LogP contribution >= 0.6 is 12.2 Å². The summed E-state index contributed by atoms with van der Waals surface area (Å²) < 4.78 is 5.11. The Hall–Kier alpha value is -1.08. The Balaban J connectivity index is 0. The molecule has 0 bridgehead atoms. The molecule has 0 aliphatic carbocycles. The molecule has 21 heavy (non-hydrogen) atoms. The van der Waals surface area contributed by atoms with Crippen LogP contribution in [0.1, 0.15) is 21.7 Å². The predicted molar refractivity (Wildman–Crippen MR) is 81.9 cm³/mol. The summed E-state index contributed by atoms with van der Waals surface area (Å²) in [6, 6.07) is 8.86. The van der Waals surface area contributed by atoms with Crippen molar-refractivity contribution in [2.24, 2.45) is 0 Å². The molecule has 5 nitrogen and oxygen atoms in total. The molecule has 0 saturated carbocycles. The van der Waals surface area contributed by atoms with E-state index >= 15 is 0 Å². The van der Waals surface area contributed by atoms with Crippen LogP contribution < -0.4 is 34.9 Å². The van der Waals surface area contributed by atoms with Crippen molar-refractivity contribution in [2.75, 3.05) is 5.32 Å². The van der Waals surface area contributed by atoms with Gasteiger partial charge in [0.15, 0.2) is 5.57 Å². The minimum atomic E-state index is -1.35. The summed E-state index contributed by atoms with van der Waals surface area (Å²) in [4.78, 5) is 11.1. The van der Waals surface area contributed by atoms with Crippen molar-refractivity contribution in [3.8, 4) is 0 Å². The van der Waals surface area contributed by atoms with Crippen molar-refractivity contribution in [3.05, 3.63) is 41.9 Å². The Bertz CT molecular complexity index is 525. The zero-order valence-electron chi connectivity index (χ0n) is 13.3. The van der Waals surface area contributed by atoms with Crippen LogP contribution in [0.2, 0.25) is 0 Å². The second-order valence-electron chi connectivity index (χ2n) is 4.14. The van der Waals surface area contributed by atoms with Crippen LogP contribution in [0.3, 0.4) is 0 Å². The molecule has 7 heteroatoms. The zero-order chi connectivity index (χ0) is 15.1. The Labute approximate surface area is 152 Å². The second-order valence-corrected chi connectivity index (χ2v) is 4.55. The van der Waals surface area contributed by atoms with E-state index in [-0.39, 0.29) is 42.1 Å². The molecule has 0 aliphatic heterocycles. The fourth-order valence-corrected chi connectivity index (χ4v) is 1.63. The van der Waals surface area contributed by atoms with Gasteiger partial charge >= 0.3 is 35.5 Å². The Kier molecular flexibility index (Phi) is 9.28. The van der Waals surface area contributed by atoms with Gasteiger partial charge in [-0.1, -0.05) is 37.3 Å². The molecule has 0 amide bonds. The molecular formula is C14H18NNaO4S. The van der Waals surface area contributed by atoms with Gasteiger partial charge in [0.05, 0.1) is 6.10 Å². The molecule has 0 radical (unpaired) electrons. The van der Waals surface area contributed by atoms with E-state index in [0.717, 1.165) is 0 Å². The van der Waals surface area contributed by atoms with Gasteiger partial charge in [0.25, 0.3) is 5.95 Å². The second kappa shape index (κ2) is 9.78. The number of rotatable bonds is 6. The third kappa shape index (κ3) is 6.48. The maximum atomic E-state index is 11.2. The number of ether oxygens (including phenoxy) is 1. The van der Waals surface area contributed by atoms with E-state index in [1.807, 2.05) is 13.0 Å². The van der Waals surface area contributed by atoms with Crippen LogP contribution in [0.25, 0.3) is 0 Å². The van der Waals surface area contributed by atoms with Gasteiger partial charge < -0.3 is 21.7 Å². The van der Waals surface area contributed by atoms with Crippen LogP contribution in [0.15, 0.2) is 41.9 Å². The van der Waals surface area contributed by atoms with Crippen LogP contribution in [0.5, 0.6) is 0 Å². The molecule has 1 atom stereocenters. The number of benzene rings is 1. The fourth-order valence-electron chi connectivity index (χ4n) is 1.33. The number of para-hydroxylation sites is 1. The maximum absolute atomic E-state index is 11.2. The minimum Gasteiger partial charge on any atom is -1.00 e. The van der Waals surface area contributed by atoms with Crippen molar-refractivity contribution >= 4 is 28.9 Å². The summed E-state index contributed by atoms with van der Waals surface area (Å²) >= 11 is 5.01. The van der Waals surface area contributed by atoms with E-state index in [1.165, 1.54) is 0 Å². The number of aliphatic hydroxyl groups excluding tert-OH is 1. The first kappa shape index (κ1) is 19.9. The summed E-state index contributed by atoms with van der Waals surface area (Å²) in [5.74, 6) is -2.03. The van der Waals surface area contributed by atoms with Crippen molar-refractivity contribution in [2.45, 2.75) is 26.4 Å². The molecule has 0 heterocycles. The maximum Gasteiger partial charge on any atom is 1.00 e. The molecule has 1 aromatic rings. The average Bonchev–Trinajstić information content (AvgIpc) is 2.39. The summed E-state index contributed by atoms with van der Waals surface area (Å²) in [7, 11) is 0. The number of aliphatic hydroxyl groups is 1. The number of hydrogen-bond donors (Lipinski definition) is 3. The molecule has 0 aliphatic rings. The van der Waals surface area contributed by atoms with Crippen molar-refractivity contribution in [1.82, 2.24) is 0 Å². The van der Waals surface area contributed by atoms with Crippen LogP contribution in [0, 0.1) is 0 Å². The fraction of sp³-hybridized carbons (Fsp3) is 0.286. The van der Waals surface area contributed by atoms with Crippen molar-refractivity contribution in [3.63, 3.8) is 0 Å². The van der Waals surface area contributed by atoms with E-state index in [2.05, 4.69) is 5.32 Å². The van der Waals surface area contributed by atoms with Crippen LogP contribution in [-0.4, -0.2) is 27.3 Å². The molecule has 1 aromatic carbocycles. The number of thiocarbonyl (C=S) groups is 1. The van der Waals surface area contributed by atoms with Gasteiger partial charge in [-0.3, -0.25) is 0 Å². The number of aliphatic carboxylic acids is 1. The number of carbonyl (C=O) groups is 1. The van der Waals surface area contributed by atoms with E-state index in [4.69, 9.17) is 22.1 Å². The number of nitrogens with one attached hydrogen (secondary N) is 1. The van der Waals surface area contributed by atoms with E-state index in [9.17, 15) is 9.90 Å². The summed E-state index contributed by atoms with van der Waals surface area (Å²) in [6.07, 6.45) is 0.333. The first-order valence-corrected chi connectivity index (χ1v) is 6.56. The predicted octanol–water partition coefficient (Wildman–Crippen LogP) is 0.212. The van der Waals surface area contributed by atoms with Crippen LogP contribution in [0.4, 0.5) is 5.69 Å². The first-order valence-electron chi connectivity index (χ1n) is 6.15. The van der Waals surface area contributed by atoms with E-state index in [0.29, 0.717) is 12.1 Å². The van der Waals surface area contributed by atoms with Gasteiger partial charge in [0, 0.05) is 5.69 Å². The number of anilines is 1. The normalized spacial score (nSPS) is 12.5. The molecule has 1 rings (SSSR count). The van der Waals surface area contributed by atoms with Gasteiger partial charge in [0.2, 0.25) is 0 Å². The molecule has 0 aromatic heterocycles. The van der Waals surface area contributed by atoms with Gasteiger partial charge in [-0.2, -0.15) is 0 Å². The summed E-state index contributed by atoms with van der Waals surface area (Å²) in [6.45, 7) is 3.59. The average molecular weight is 319 g/mol. The van der Waals surface area contributed by atoms with Gasteiger partial charge in [0.1, 0.15) is 4.99 Å². The zero-order valence-corrected chi connectivity index (χ0v) is 15.1. The first-order chi connectivity index (χ1) is 9.45. The Morgan fingerprint density at radius 3 is 2.43 bits per heavy atom. The van der Waals surface area contributed by atoms with Crippen molar-refractivity contribution in [1.29, 1.82) is 0 Å². The minimum absolute atomic E-state index is 0. The summed E-state index contributed by atoms with van der Waals surface area (Å²) in [5, 5.41) is 21.7. The molecular weight excluding hydrogens is 301 g/mol. The monoisotopic (exact) mass is 319 g/mol. The Morgan fingerprint density at radius 2 is 1.95 bits per heavy atom. The topological polar surface area (TPSA) is 78.8 Å². The largest absolute Gasteiger partial charge is 1.00 e. The third-order valence-electron chi connectivity index (χ3n) is 2.57. The Morgan fingerprint density at radius 1 is 1.38 bits per heavy atom. The van der Waals surface area contributed by atoms with Crippen LogP contribution in [-0.2, 0) is 9.53 Å². The number of hydrogen-bond acceptors (Lipinski definition) is 4. The number of carboxylic acids is 1. The smallest absolute Gasteiger partial charge is 1.00 e. The number of carboxylic acid groups (broad SMARTS) is 1. The summed E-state index contributed by atoms with van der Waals surface area (Å²) in [5.41, 5.74) is 0.178. The molecule has 1 unspecified atom stereocenters. The van der Waals surface area contributed by atoms with Gasteiger partial charge in [-0.05, 0) is 25.5 Å².